The van der Waals surface area contributed by atoms with Crippen molar-refractivity contribution in [2.45, 2.75) is 60.2 Å². The van der Waals surface area contributed by atoms with Crippen molar-refractivity contribution in [3.8, 4) is 0 Å². The maximum absolute atomic E-state index is 12.5. The van der Waals surface area contributed by atoms with E-state index in [1.54, 1.807) is 5.01 Å². The van der Waals surface area contributed by atoms with E-state index in [9.17, 15) is 4.79 Å². The summed E-state index contributed by atoms with van der Waals surface area (Å²) >= 11 is 3.47. The van der Waals surface area contributed by atoms with Crippen molar-refractivity contribution in [1.82, 2.24) is 0 Å². The number of hydrogen-bond donors (Lipinski definition) is 2. The topological polar surface area (TPSA) is 90.8 Å². The summed E-state index contributed by atoms with van der Waals surface area (Å²) in [7, 11) is 0. The van der Waals surface area contributed by atoms with E-state index >= 15 is 0 Å². The third-order valence-electron chi connectivity index (χ3n) is 4.89. The fourth-order valence-corrected chi connectivity index (χ4v) is 3.72. The van der Waals surface area contributed by atoms with Crippen molar-refractivity contribution in [3.05, 3.63) is 56.6 Å². The second kappa shape index (κ2) is 10.5. The number of benzene rings is 2. The van der Waals surface area contributed by atoms with Crippen LogP contribution in [0.4, 0.5) is 11.4 Å². The molecule has 6 nitrogen and oxygen atoms in total. The molecule has 2 aromatic carbocycles. The fourth-order valence-electron chi connectivity index (χ4n) is 3.37. The number of carbonyl (C=O) groups excluding carboxylic acids is 1. The van der Waals surface area contributed by atoms with Crippen LogP contribution < -0.4 is 16.6 Å². The van der Waals surface area contributed by atoms with Gasteiger partial charge in [-0.15, -0.1) is 0 Å². The van der Waals surface area contributed by atoms with Gasteiger partial charge in [0.25, 0.3) is 0 Å². The minimum atomic E-state index is -0.520. The van der Waals surface area contributed by atoms with Crippen LogP contribution >= 0.6 is 15.9 Å². The van der Waals surface area contributed by atoms with Crippen LogP contribution in [-0.2, 0) is 16.1 Å². The molecule has 170 valence electrons. The highest BCUT2D eigenvalue weighted by molar-refractivity contribution is 9.10. The van der Waals surface area contributed by atoms with Crippen molar-refractivity contribution >= 4 is 33.3 Å². The third kappa shape index (κ3) is 6.95. The molecule has 0 saturated carbocycles. The zero-order chi connectivity index (χ0) is 23.3. The third-order valence-corrected chi connectivity index (χ3v) is 5.75. The van der Waals surface area contributed by atoms with Gasteiger partial charge in [-0.2, -0.15) is 0 Å². The lowest BCUT2D eigenvalue weighted by atomic mass is 9.99. The van der Waals surface area contributed by atoms with E-state index in [-0.39, 0.29) is 5.97 Å². The first kappa shape index (κ1) is 25.2. The number of ether oxygens (including phenoxy) is 2. The van der Waals surface area contributed by atoms with Crippen LogP contribution in [0, 0.1) is 20.8 Å². The van der Waals surface area contributed by atoms with Gasteiger partial charge >= 0.3 is 5.97 Å². The molecule has 0 aromatic heterocycles. The number of halogens is 1. The maximum atomic E-state index is 12.5. The summed E-state index contributed by atoms with van der Waals surface area (Å²) in [5.74, 6) is 5.88. The van der Waals surface area contributed by atoms with Gasteiger partial charge in [-0.05, 0) is 82.3 Å². The Morgan fingerprint density at radius 1 is 1.13 bits per heavy atom. The second-order valence-corrected chi connectivity index (χ2v) is 9.67. The number of nitrogen functional groups attached to an aromatic ring is 1. The van der Waals surface area contributed by atoms with Gasteiger partial charge in [0.2, 0.25) is 0 Å². The summed E-state index contributed by atoms with van der Waals surface area (Å²) < 4.78 is 12.3. The smallest absolute Gasteiger partial charge is 0.339 e. The Labute approximate surface area is 194 Å². The number of aryl methyl sites for hydroxylation is 2. The van der Waals surface area contributed by atoms with E-state index in [1.165, 1.54) is 0 Å². The molecule has 0 bridgehead atoms. The Morgan fingerprint density at radius 3 is 2.32 bits per heavy atom. The summed E-state index contributed by atoms with van der Waals surface area (Å²) in [6, 6.07) is 7.81. The predicted octanol–water partition coefficient (Wildman–Crippen LogP) is 5.20. The van der Waals surface area contributed by atoms with Gasteiger partial charge < -0.3 is 20.2 Å². The van der Waals surface area contributed by atoms with Crippen LogP contribution in [-0.4, -0.2) is 24.7 Å². The summed E-state index contributed by atoms with van der Waals surface area (Å²) in [5.41, 5.74) is 11.5. The SMILES string of the molecule is Cc1cc(COCCCN(N)c2ccc(Br)c(C)c2N)cc(C)c1C(=O)OC(C)(C)C. The van der Waals surface area contributed by atoms with E-state index in [1.807, 2.05) is 65.8 Å². The van der Waals surface area contributed by atoms with Crippen molar-refractivity contribution in [2.75, 3.05) is 23.9 Å². The Bertz CT molecular complexity index is 915. The molecule has 0 fully saturated rings. The normalized spacial score (nSPS) is 11.5. The van der Waals surface area contributed by atoms with Crippen LogP contribution in [0.3, 0.4) is 0 Å². The average Bonchev–Trinajstić information content (AvgIpc) is 2.63. The molecule has 4 N–H and O–H groups in total. The van der Waals surface area contributed by atoms with Gasteiger partial charge in [-0.1, -0.05) is 28.1 Å². The summed E-state index contributed by atoms with van der Waals surface area (Å²) in [5, 5.41) is 1.65. The molecule has 0 spiro atoms. The molecule has 7 heteroatoms. The van der Waals surface area contributed by atoms with Crippen LogP contribution in [0.25, 0.3) is 0 Å². The molecule has 0 unspecified atom stereocenters. The number of nitrogens with zero attached hydrogens (tertiary/aromatic N) is 1. The van der Waals surface area contributed by atoms with Gasteiger partial charge in [0.05, 0.1) is 23.5 Å². The number of rotatable bonds is 8. The maximum Gasteiger partial charge on any atom is 0.339 e. The van der Waals surface area contributed by atoms with E-state index in [4.69, 9.17) is 21.1 Å². The quantitative estimate of drug-likeness (QED) is 0.173. The zero-order valence-electron chi connectivity index (χ0n) is 19.3. The second-order valence-electron chi connectivity index (χ2n) is 8.81. The van der Waals surface area contributed by atoms with Gasteiger partial charge in [0.1, 0.15) is 5.60 Å². The number of anilines is 2. The largest absolute Gasteiger partial charge is 0.456 e. The molecular weight excluding hydrogens is 458 g/mol. The van der Waals surface area contributed by atoms with E-state index in [0.717, 1.165) is 38.8 Å². The van der Waals surface area contributed by atoms with Gasteiger partial charge in [0.15, 0.2) is 0 Å². The minimum absolute atomic E-state index is 0.291. The van der Waals surface area contributed by atoms with E-state index < -0.39 is 5.60 Å². The molecule has 31 heavy (non-hydrogen) atoms. The lowest BCUT2D eigenvalue weighted by Gasteiger charge is -2.22. The summed E-state index contributed by atoms with van der Waals surface area (Å²) in [6.07, 6.45) is 0.763. The van der Waals surface area contributed by atoms with Crippen LogP contribution in [0.1, 0.15) is 59.8 Å². The molecule has 0 aliphatic rings. The Kier molecular flexibility index (Phi) is 8.51. The van der Waals surface area contributed by atoms with E-state index in [2.05, 4.69) is 15.9 Å². The molecule has 0 aliphatic carbocycles. The molecular formula is C24H34BrN3O3. The zero-order valence-corrected chi connectivity index (χ0v) is 20.9. The van der Waals surface area contributed by atoms with Gasteiger partial charge in [0, 0.05) is 17.6 Å². The van der Waals surface area contributed by atoms with Crippen molar-refractivity contribution in [1.29, 1.82) is 0 Å². The lowest BCUT2D eigenvalue weighted by Crippen LogP contribution is -2.33. The van der Waals surface area contributed by atoms with E-state index in [0.29, 0.717) is 31.0 Å². The summed E-state index contributed by atoms with van der Waals surface area (Å²) in [6.45, 7) is 13.1. The minimum Gasteiger partial charge on any atom is -0.456 e. The molecule has 2 aromatic rings. The molecule has 0 atom stereocenters. The monoisotopic (exact) mass is 491 g/mol. The summed E-state index contributed by atoms with van der Waals surface area (Å²) in [4.78, 5) is 12.5. The first-order chi connectivity index (χ1) is 14.4. The highest BCUT2D eigenvalue weighted by atomic mass is 79.9. The number of carbonyl (C=O) groups is 1. The van der Waals surface area contributed by atoms with Crippen LogP contribution in [0.2, 0.25) is 0 Å². The molecule has 0 aliphatic heterocycles. The standard InChI is InChI=1S/C24H34BrN3O3/c1-15-12-18(13-16(2)21(15)23(29)31-24(4,5)6)14-30-11-7-10-28(27)20-9-8-19(25)17(3)22(20)26/h8-9,12-13H,7,10-11,14,26-27H2,1-6H3. The predicted molar refractivity (Wildman–Crippen MR) is 130 cm³/mol. The molecule has 2 rings (SSSR count). The lowest BCUT2D eigenvalue weighted by molar-refractivity contribution is 0.00678. The number of hydrazine groups is 1. The van der Waals surface area contributed by atoms with Gasteiger partial charge in [-0.25, -0.2) is 10.6 Å². The van der Waals surface area contributed by atoms with Crippen LogP contribution in [0.5, 0.6) is 0 Å². The Hall–Kier alpha value is -2.09. The first-order valence-electron chi connectivity index (χ1n) is 10.4. The Balaban J connectivity index is 1.88. The van der Waals surface area contributed by atoms with Crippen molar-refractivity contribution in [2.24, 2.45) is 5.84 Å². The fraction of sp³-hybridized carbons (Fsp3) is 0.458. The molecule has 0 heterocycles. The van der Waals surface area contributed by atoms with Crippen LogP contribution in [0.15, 0.2) is 28.7 Å². The number of hydrogen-bond acceptors (Lipinski definition) is 6. The highest BCUT2D eigenvalue weighted by Gasteiger charge is 2.21. The molecule has 0 saturated heterocycles. The highest BCUT2D eigenvalue weighted by Crippen LogP contribution is 2.30. The Morgan fingerprint density at radius 2 is 1.74 bits per heavy atom. The average molecular weight is 492 g/mol. The number of nitrogens with two attached hydrogens (primary N) is 2. The van der Waals surface area contributed by atoms with Crippen molar-refractivity contribution in [3.63, 3.8) is 0 Å². The molecule has 0 radical (unpaired) electrons. The number of esters is 1. The first-order valence-corrected chi connectivity index (χ1v) is 11.2. The van der Waals surface area contributed by atoms with Crippen molar-refractivity contribution < 1.29 is 14.3 Å². The van der Waals surface area contributed by atoms with Gasteiger partial charge in [-0.3, -0.25) is 0 Å². The molecule has 0 amide bonds.